The Bertz CT molecular complexity index is 1020. The van der Waals surface area contributed by atoms with E-state index < -0.39 is 0 Å². The number of morpholine rings is 1. The van der Waals surface area contributed by atoms with Gasteiger partial charge in [-0.15, -0.1) is 24.2 Å². The van der Waals surface area contributed by atoms with Gasteiger partial charge in [-0.3, -0.25) is 14.6 Å². The number of amides is 1. The molecule has 1 saturated heterocycles. The van der Waals surface area contributed by atoms with Crippen molar-refractivity contribution in [3.05, 3.63) is 52.5 Å². The Morgan fingerprint density at radius 3 is 2.77 bits per heavy atom. The first-order valence-electron chi connectivity index (χ1n) is 9.88. The summed E-state index contributed by atoms with van der Waals surface area (Å²) in [6.07, 6.45) is 2.01. The number of thioether (sulfide) groups is 1. The Morgan fingerprint density at radius 1 is 1.29 bits per heavy atom. The van der Waals surface area contributed by atoms with Gasteiger partial charge in [-0.2, -0.15) is 0 Å². The van der Waals surface area contributed by atoms with Crippen LogP contribution in [0.25, 0.3) is 10.2 Å². The summed E-state index contributed by atoms with van der Waals surface area (Å²) in [5, 5.41) is 1.36. The minimum atomic E-state index is -0.0352. The molecule has 31 heavy (non-hydrogen) atoms. The molecule has 0 aliphatic carbocycles. The topological polar surface area (TPSA) is 45.7 Å². The van der Waals surface area contributed by atoms with E-state index in [0.29, 0.717) is 22.3 Å². The lowest BCUT2D eigenvalue weighted by molar-refractivity contribution is 0.0391. The zero-order valence-corrected chi connectivity index (χ0v) is 20.7. The number of ether oxygens (including phenoxy) is 1. The van der Waals surface area contributed by atoms with Gasteiger partial charge in [0.1, 0.15) is 0 Å². The first-order valence-corrected chi connectivity index (χ1v) is 12.3. The third kappa shape index (κ3) is 5.53. The summed E-state index contributed by atoms with van der Waals surface area (Å²) >= 11 is 9.53. The number of aromatic nitrogens is 1. The number of anilines is 1. The molecule has 0 bridgehead atoms. The van der Waals surface area contributed by atoms with E-state index in [0.717, 1.165) is 53.5 Å². The van der Waals surface area contributed by atoms with Crippen molar-refractivity contribution in [1.29, 1.82) is 0 Å². The van der Waals surface area contributed by atoms with Crippen molar-refractivity contribution in [3.8, 4) is 0 Å². The van der Waals surface area contributed by atoms with Gasteiger partial charge < -0.3 is 4.74 Å². The number of thiazole rings is 1. The number of hydrogen-bond acceptors (Lipinski definition) is 6. The summed E-state index contributed by atoms with van der Waals surface area (Å²) in [5.74, 6) is -0.0352. The van der Waals surface area contributed by atoms with E-state index in [-0.39, 0.29) is 18.3 Å². The van der Waals surface area contributed by atoms with Crippen LogP contribution in [-0.2, 0) is 4.74 Å². The summed E-state index contributed by atoms with van der Waals surface area (Å²) in [6, 6.07) is 11.6. The van der Waals surface area contributed by atoms with Gasteiger partial charge in [0.25, 0.3) is 5.91 Å². The molecule has 1 aliphatic rings. The zero-order valence-electron chi connectivity index (χ0n) is 17.5. The Hall–Kier alpha value is -1.35. The molecular weight excluding hydrogens is 473 g/mol. The number of benzene rings is 2. The van der Waals surface area contributed by atoms with Gasteiger partial charge in [-0.05, 0) is 43.0 Å². The van der Waals surface area contributed by atoms with E-state index in [4.69, 9.17) is 21.3 Å². The van der Waals surface area contributed by atoms with Crippen LogP contribution in [0.5, 0.6) is 0 Å². The highest BCUT2D eigenvalue weighted by atomic mass is 35.5. The van der Waals surface area contributed by atoms with E-state index in [1.165, 1.54) is 11.3 Å². The molecule has 0 saturated carbocycles. The summed E-state index contributed by atoms with van der Waals surface area (Å²) in [6.45, 7) is 6.60. The highest BCUT2D eigenvalue weighted by Crippen LogP contribution is 2.36. The Labute approximate surface area is 202 Å². The summed E-state index contributed by atoms with van der Waals surface area (Å²) in [5.41, 5.74) is 2.59. The Kier molecular flexibility index (Phi) is 8.61. The van der Waals surface area contributed by atoms with Crippen LogP contribution in [0.3, 0.4) is 0 Å². The number of fused-ring (bicyclic) bond motifs is 1. The number of rotatable bonds is 6. The van der Waals surface area contributed by atoms with Gasteiger partial charge in [0, 0.05) is 36.6 Å². The van der Waals surface area contributed by atoms with Gasteiger partial charge in [-0.25, -0.2) is 4.98 Å². The first kappa shape index (κ1) is 24.3. The molecule has 1 aromatic heterocycles. The lowest BCUT2D eigenvalue weighted by Crippen LogP contribution is -2.43. The average Bonchev–Trinajstić information content (AvgIpc) is 3.24. The molecule has 4 rings (SSSR count). The van der Waals surface area contributed by atoms with Crippen LogP contribution < -0.4 is 4.90 Å². The number of nitrogens with zero attached hydrogens (tertiary/aromatic N) is 3. The van der Waals surface area contributed by atoms with Crippen LogP contribution in [-0.4, -0.2) is 61.4 Å². The van der Waals surface area contributed by atoms with E-state index in [2.05, 4.69) is 4.90 Å². The Morgan fingerprint density at radius 2 is 2.06 bits per heavy atom. The second-order valence-electron chi connectivity index (χ2n) is 7.18. The maximum Gasteiger partial charge on any atom is 0.260 e. The van der Waals surface area contributed by atoms with Crippen LogP contribution in [0.1, 0.15) is 15.9 Å². The molecule has 0 spiro atoms. The van der Waals surface area contributed by atoms with Crippen LogP contribution >= 0.6 is 47.1 Å². The van der Waals surface area contributed by atoms with E-state index in [9.17, 15) is 4.79 Å². The molecule has 2 aromatic carbocycles. The van der Waals surface area contributed by atoms with Crippen LogP contribution in [0.4, 0.5) is 5.13 Å². The second kappa shape index (κ2) is 11.0. The number of aryl methyl sites for hydroxylation is 1. The quantitative estimate of drug-likeness (QED) is 0.427. The SMILES string of the molecule is CSc1cccc(C(=O)N(CCN2CCOCC2)c2nc3c(C)ccc(Cl)c3s2)c1.Cl. The monoisotopic (exact) mass is 497 g/mol. The smallest absolute Gasteiger partial charge is 0.260 e. The highest BCUT2D eigenvalue weighted by molar-refractivity contribution is 7.98. The van der Waals surface area contributed by atoms with Crippen LogP contribution in [0, 0.1) is 6.92 Å². The lowest BCUT2D eigenvalue weighted by Gasteiger charge is -2.29. The number of hydrogen-bond donors (Lipinski definition) is 0. The molecule has 0 unspecified atom stereocenters. The molecule has 9 heteroatoms. The second-order valence-corrected chi connectivity index (χ2v) is 9.45. The van der Waals surface area contributed by atoms with Crippen LogP contribution in [0.15, 0.2) is 41.3 Å². The average molecular weight is 499 g/mol. The molecule has 5 nitrogen and oxygen atoms in total. The van der Waals surface area contributed by atoms with Crippen molar-refractivity contribution >= 4 is 68.4 Å². The maximum atomic E-state index is 13.5. The summed E-state index contributed by atoms with van der Waals surface area (Å²) in [7, 11) is 0. The third-order valence-electron chi connectivity index (χ3n) is 5.22. The van der Waals surface area contributed by atoms with Crippen LogP contribution in [0.2, 0.25) is 5.02 Å². The van der Waals surface area contributed by atoms with Crippen molar-refractivity contribution in [2.24, 2.45) is 0 Å². The molecule has 2 heterocycles. The van der Waals surface area contributed by atoms with E-state index >= 15 is 0 Å². The predicted molar refractivity (Wildman–Crippen MR) is 134 cm³/mol. The molecule has 1 aliphatic heterocycles. The Balaban J connectivity index is 0.00000272. The molecule has 166 valence electrons. The number of carbonyl (C=O) groups excluding carboxylic acids is 1. The fourth-order valence-electron chi connectivity index (χ4n) is 3.47. The maximum absolute atomic E-state index is 13.5. The molecule has 0 radical (unpaired) electrons. The zero-order chi connectivity index (χ0) is 21.1. The highest BCUT2D eigenvalue weighted by Gasteiger charge is 2.24. The predicted octanol–water partition coefficient (Wildman–Crippen LogP) is 5.38. The summed E-state index contributed by atoms with van der Waals surface area (Å²) in [4.78, 5) is 23.6. The van der Waals surface area contributed by atoms with Crippen molar-refractivity contribution in [3.63, 3.8) is 0 Å². The van der Waals surface area contributed by atoms with Crippen molar-refractivity contribution in [1.82, 2.24) is 9.88 Å². The van der Waals surface area contributed by atoms with E-state index in [1.807, 2.05) is 49.6 Å². The molecule has 1 fully saturated rings. The van der Waals surface area contributed by atoms with Gasteiger partial charge in [0.15, 0.2) is 5.13 Å². The van der Waals surface area contributed by atoms with Gasteiger partial charge in [0.05, 0.1) is 28.5 Å². The fourth-order valence-corrected chi connectivity index (χ4v) is 5.27. The molecular formula is C22H25Cl2N3O2S2. The third-order valence-corrected chi connectivity index (χ3v) is 7.49. The molecule has 1 amide bonds. The molecule has 3 aromatic rings. The van der Waals surface area contributed by atoms with Gasteiger partial charge >= 0.3 is 0 Å². The van der Waals surface area contributed by atoms with E-state index in [1.54, 1.807) is 16.7 Å². The normalized spacial score (nSPS) is 14.4. The van der Waals surface area contributed by atoms with Crippen molar-refractivity contribution < 1.29 is 9.53 Å². The molecule has 0 N–H and O–H groups in total. The van der Waals surface area contributed by atoms with Crippen molar-refractivity contribution in [2.75, 3.05) is 50.5 Å². The standard InChI is InChI=1S/C22H24ClN3O2S2.ClH/c1-15-6-7-18(23)20-19(15)24-22(30-20)26(9-8-25-10-12-28-13-11-25)21(27)16-4-3-5-17(14-16)29-2;/h3-7,14H,8-13H2,1-2H3;1H. The lowest BCUT2D eigenvalue weighted by atomic mass is 10.2. The fraction of sp³-hybridized carbons (Fsp3) is 0.364. The van der Waals surface area contributed by atoms with Crippen molar-refractivity contribution in [2.45, 2.75) is 11.8 Å². The largest absolute Gasteiger partial charge is 0.379 e. The van der Waals surface area contributed by atoms with Gasteiger partial charge in [-0.1, -0.05) is 35.1 Å². The minimum Gasteiger partial charge on any atom is -0.379 e. The minimum absolute atomic E-state index is 0. The summed E-state index contributed by atoms with van der Waals surface area (Å²) < 4.78 is 6.37. The first-order chi connectivity index (χ1) is 14.6. The number of carbonyl (C=O) groups is 1. The number of halogens is 2. The molecule has 0 atom stereocenters. The van der Waals surface area contributed by atoms with Gasteiger partial charge in [0.2, 0.25) is 0 Å².